The number of amides is 2. The van der Waals surface area contributed by atoms with Crippen molar-refractivity contribution in [3.8, 4) is 0 Å². The molecule has 2 aliphatic rings. The van der Waals surface area contributed by atoms with Crippen LogP contribution in [0.2, 0.25) is 0 Å². The van der Waals surface area contributed by atoms with Crippen molar-refractivity contribution in [3.63, 3.8) is 0 Å². The molecule has 1 aromatic rings. The molecule has 1 saturated carbocycles. The van der Waals surface area contributed by atoms with Gasteiger partial charge in [0.1, 0.15) is 6.54 Å². The fourth-order valence-corrected chi connectivity index (χ4v) is 3.66. The smallest absolute Gasteiger partial charge is 0.245 e. The third-order valence-corrected chi connectivity index (χ3v) is 5.48. The quantitative estimate of drug-likeness (QED) is 0.885. The zero-order valence-corrected chi connectivity index (χ0v) is 15.0. The average molecular weight is 341 g/mol. The maximum atomic E-state index is 12.5. The summed E-state index contributed by atoms with van der Waals surface area (Å²) in [5.74, 6) is 0.921. The number of hydrogen-bond acceptors (Lipinski definition) is 3. The summed E-state index contributed by atoms with van der Waals surface area (Å²) in [6, 6.07) is 10.0. The predicted octanol–water partition coefficient (Wildman–Crippen LogP) is 2.71. The van der Waals surface area contributed by atoms with Crippen LogP contribution in [0.1, 0.15) is 45.1 Å². The Morgan fingerprint density at radius 1 is 1.24 bits per heavy atom. The number of carbonyl (C=O) groups is 2. The lowest BCUT2D eigenvalue weighted by Gasteiger charge is -2.35. The molecule has 3 atom stereocenters. The van der Waals surface area contributed by atoms with Crippen LogP contribution in [0.5, 0.6) is 0 Å². The fraction of sp³-hybridized carbons (Fsp3) is 0.500. The normalized spacial score (nSPS) is 26.6. The van der Waals surface area contributed by atoms with E-state index in [0.29, 0.717) is 18.3 Å². The van der Waals surface area contributed by atoms with Gasteiger partial charge in [-0.3, -0.25) is 15.0 Å². The van der Waals surface area contributed by atoms with Crippen LogP contribution in [-0.2, 0) is 9.59 Å². The minimum atomic E-state index is -0.0962. The zero-order valence-electron chi connectivity index (χ0n) is 15.0. The first-order valence-corrected chi connectivity index (χ1v) is 9.16. The highest BCUT2D eigenvalue weighted by Crippen LogP contribution is 2.29. The summed E-state index contributed by atoms with van der Waals surface area (Å²) in [4.78, 5) is 24.6. The van der Waals surface area contributed by atoms with E-state index in [0.717, 1.165) is 24.1 Å². The molecule has 25 heavy (non-hydrogen) atoms. The molecule has 1 aliphatic carbocycles. The van der Waals surface area contributed by atoms with Crippen LogP contribution in [0.4, 0.5) is 0 Å². The zero-order chi connectivity index (χ0) is 17.8. The molecule has 1 heterocycles. The third kappa shape index (κ3) is 4.21. The van der Waals surface area contributed by atoms with Gasteiger partial charge in [-0.05, 0) is 29.9 Å². The summed E-state index contributed by atoms with van der Waals surface area (Å²) in [6.45, 7) is 4.49. The highest BCUT2D eigenvalue weighted by atomic mass is 16.2. The second kappa shape index (κ2) is 7.72. The maximum Gasteiger partial charge on any atom is 0.245 e. The van der Waals surface area contributed by atoms with Gasteiger partial charge in [-0.15, -0.1) is 0 Å². The van der Waals surface area contributed by atoms with Crippen molar-refractivity contribution in [2.45, 2.75) is 45.6 Å². The highest BCUT2D eigenvalue weighted by molar-refractivity contribution is 5.88. The van der Waals surface area contributed by atoms with Gasteiger partial charge in [0.25, 0.3) is 0 Å². The van der Waals surface area contributed by atoms with Crippen LogP contribution in [-0.4, -0.2) is 29.4 Å². The van der Waals surface area contributed by atoms with Gasteiger partial charge >= 0.3 is 0 Å². The minimum Gasteiger partial charge on any atom is -0.351 e. The summed E-state index contributed by atoms with van der Waals surface area (Å²) < 4.78 is 0. The lowest BCUT2D eigenvalue weighted by Crippen LogP contribution is -2.52. The van der Waals surface area contributed by atoms with Gasteiger partial charge in [-0.1, -0.05) is 57.0 Å². The van der Waals surface area contributed by atoms with E-state index in [2.05, 4.69) is 24.6 Å². The number of nitrogens with one attached hydrogen (secondary N) is 2. The molecular formula is C20H27N3O2. The number of nitrogens with zero attached hydrogens (tertiary/aromatic N) is 1. The summed E-state index contributed by atoms with van der Waals surface area (Å²) in [5, 5.41) is 4.55. The Balaban J connectivity index is 1.59. The van der Waals surface area contributed by atoms with Crippen LogP contribution in [0.15, 0.2) is 36.4 Å². The molecule has 0 radical (unpaired) electrons. The number of rotatable bonds is 4. The number of hydrogen-bond donors (Lipinski definition) is 2. The lowest BCUT2D eigenvalue weighted by molar-refractivity contribution is -0.138. The first kappa shape index (κ1) is 17.5. The molecule has 5 heteroatoms. The molecular weight excluding hydrogens is 314 g/mol. The Morgan fingerprint density at radius 3 is 2.76 bits per heavy atom. The van der Waals surface area contributed by atoms with E-state index >= 15 is 0 Å². The lowest BCUT2D eigenvalue weighted by atomic mass is 9.78. The summed E-state index contributed by atoms with van der Waals surface area (Å²) >= 11 is 0. The monoisotopic (exact) mass is 341 g/mol. The fourth-order valence-electron chi connectivity index (χ4n) is 3.66. The minimum absolute atomic E-state index is 0.0423. The maximum absolute atomic E-state index is 12.5. The Hall–Kier alpha value is -2.30. The molecule has 2 N–H and O–H groups in total. The molecule has 134 valence electrons. The standard InChI is InChI=1S/C20H27N3O2/c1-14-7-6-10-17(15(14)2)21-19(24)13-23-20(25)12-11-18(22-23)16-8-4-3-5-9-16/h3-5,8-9,11,14-15,17,22H,6-7,10,12-13H2,1-2H3,(H,21,24). The molecule has 0 bridgehead atoms. The highest BCUT2D eigenvalue weighted by Gasteiger charge is 2.29. The molecule has 0 saturated heterocycles. The molecule has 1 aromatic carbocycles. The molecule has 0 spiro atoms. The van der Waals surface area contributed by atoms with E-state index in [4.69, 9.17) is 0 Å². The van der Waals surface area contributed by atoms with Crippen LogP contribution >= 0.6 is 0 Å². The van der Waals surface area contributed by atoms with Gasteiger partial charge in [0.2, 0.25) is 11.8 Å². The Bertz CT molecular complexity index is 656. The van der Waals surface area contributed by atoms with Crippen LogP contribution in [0, 0.1) is 11.8 Å². The Labute approximate surface area is 149 Å². The van der Waals surface area contributed by atoms with Gasteiger partial charge in [0.15, 0.2) is 0 Å². The largest absolute Gasteiger partial charge is 0.351 e. The van der Waals surface area contributed by atoms with E-state index in [1.54, 1.807) is 0 Å². The number of benzene rings is 1. The Kier molecular flexibility index (Phi) is 5.41. The second-order valence-electron chi connectivity index (χ2n) is 7.22. The number of hydrazine groups is 1. The van der Waals surface area contributed by atoms with Crippen LogP contribution < -0.4 is 10.7 Å². The van der Waals surface area contributed by atoms with Crippen molar-refractivity contribution in [2.75, 3.05) is 6.54 Å². The van der Waals surface area contributed by atoms with E-state index < -0.39 is 0 Å². The van der Waals surface area contributed by atoms with Gasteiger partial charge in [0.05, 0.1) is 5.70 Å². The van der Waals surface area contributed by atoms with Gasteiger partial charge < -0.3 is 5.32 Å². The van der Waals surface area contributed by atoms with E-state index in [1.165, 1.54) is 11.4 Å². The molecule has 1 fully saturated rings. The van der Waals surface area contributed by atoms with E-state index in [9.17, 15) is 9.59 Å². The van der Waals surface area contributed by atoms with Gasteiger partial charge in [-0.2, -0.15) is 0 Å². The molecule has 1 aliphatic heterocycles. The molecule has 3 unspecified atom stereocenters. The summed E-state index contributed by atoms with van der Waals surface area (Å²) in [6.07, 6.45) is 5.58. The summed E-state index contributed by atoms with van der Waals surface area (Å²) in [5.41, 5.74) is 4.97. The molecule has 0 aromatic heterocycles. The average Bonchev–Trinajstić information content (AvgIpc) is 2.61. The molecule has 5 nitrogen and oxygen atoms in total. The second-order valence-corrected chi connectivity index (χ2v) is 7.22. The SMILES string of the molecule is CC1CCCC(NC(=O)CN2NC(c3ccccc3)=CCC2=O)C1C. The van der Waals surface area contributed by atoms with Crippen LogP contribution in [0.3, 0.4) is 0 Å². The first-order valence-electron chi connectivity index (χ1n) is 9.16. The molecule has 3 rings (SSSR count). The van der Waals surface area contributed by atoms with Crippen molar-refractivity contribution >= 4 is 17.5 Å². The van der Waals surface area contributed by atoms with Crippen molar-refractivity contribution in [2.24, 2.45) is 11.8 Å². The van der Waals surface area contributed by atoms with Crippen molar-refractivity contribution in [3.05, 3.63) is 42.0 Å². The van der Waals surface area contributed by atoms with E-state index in [-0.39, 0.29) is 24.4 Å². The van der Waals surface area contributed by atoms with Crippen LogP contribution in [0.25, 0.3) is 5.70 Å². The number of carbonyl (C=O) groups excluding carboxylic acids is 2. The topological polar surface area (TPSA) is 61.4 Å². The van der Waals surface area contributed by atoms with Crippen molar-refractivity contribution < 1.29 is 9.59 Å². The molecule has 2 amide bonds. The van der Waals surface area contributed by atoms with Gasteiger partial charge in [-0.25, -0.2) is 5.01 Å². The van der Waals surface area contributed by atoms with E-state index in [1.807, 2.05) is 36.4 Å². The summed E-state index contributed by atoms with van der Waals surface area (Å²) in [7, 11) is 0. The third-order valence-electron chi connectivity index (χ3n) is 5.48. The van der Waals surface area contributed by atoms with Crippen molar-refractivity contribution in [1.29, 1.82) is 0 Å². The Morgan fingerprint density at radius 2 is 2.00 bits per heavy atom. The first-order chi connectivity index (χ1) is 12.0. The van der Waals surface area contributed by atoms with Gasteiger partial charge in [0, 0.05) is 12.5 Å². The predicted molar refractivity (Wildman–Crippen MR) is 98.0 cm³/mol. The van der Waals surface area contributed by atoms with Crippen molar-refractivity contribution in [1.82, 2.24) is 15.8 Å².